The number of hydrogen-bond acceptors (Lipinski definition) is 6. The average molecular weight is 332 g/mol. The van der Waals surface area contributed by atoms with Gasteiger partial charge in [0.25, 0.3) is 0 Å². The number of pyridine rings is 1. The SMILES string of the molecule is C=CCn1nnnc1SC(C(=O)NCc1cccnc1)C(C)C. The number of carbonyl (C=O) groups is 1. The predicted molar refractivity (Wildman–Crippen MR) is 88.6 cm³/mol. The zero-order valence-corrected chi connectivity index (χ0v) is 14.0. The summed E-state index contributed by atoms with van der Waals surface area (Å²) in [6, 6.07) is 3.77. The van der Waals surface area contributed by atoms with E-state index in [1.165, 1.54) is 11.8 Å². The molecule has 1 amide bonds. The van der Waals surface area contributed by atoms with E-state index in [1.54, 1.807) is 23.2 Å². The van der Waals surface area contributed by atoms with Crippen LogP contribution in [0.15, 0.2) is 42.3 Å². The van der Waals surface area contributed by atoms with E-state index in [0.29, 0.717) is 18.2 Å². The van der Waals surface area contributed by atoms with E-state index in [4.69, 9.17) is 0 Å². The van der Waals surface area contributed by atoms with Gasteiger partial charge in [-0.3, -0.25) is 9.78 Å². The van der Waals surface area contributed by atoms with Gasteiger partial charge >= 0.3 is 0 Å². The van der Waals surface area contributed by atoms with Crippen LogP contribution in [0.1, 0.15) is 19.4 Å². The second-order valence-electron chi connectivity index (χ2n) is 5.29. The summed E-state index contributed by atoms with van der Waals surface area (Å²) in [7, 11) is 0. The van der Waals surface area contributed by atoms with Gasteiger partial charge in [-0.15, -0.1) is 11.7 Å². The number of tetrazole rings is 1. The van der Waals surface area contributed by atoms with Crippen LogP contribution in [0.2, 0.25) is 0 Å². The van der Waals surface area contributed by atoms with Crippen molar-refractivity contribution in [2.45, 2.75) is 37.3 Å². The van der Waals surface area contributed by atoms with Gasteiger partial charge in [-0.25, -0.2) is 4.68 Å². The molecule has 0 radical (unpaired) electrons. The number of carbonyl (C=O) groups excluding carboxylic acids is 1. The number of aromatic nitrogens is 5. The molecule has 0 saturated carbocycles. The van der Waals surface area contributed by atoms with E-state index in [1.807, 2.05) is 26.0 Å². The summed E-state index contributed by atoms with van der Waals surface area (Å²) in [4.78, 5) is 16.5. The first-order chi connectivity index (χ1) is 11.1. The molecule has 0 fully saturated rings. The Balaban J connectivity index is 2.01. The van der Waals surface area contributed by atoms with E-state index in [9.17, 15) is 4.79 Å². The topological polar surface area (TPSA) is 85.6 Å². The number of allylic oxidation sites excluding steroid dienone is 1. The number of hydrogen-bond donors (Lipinski definition) is 1. The zero-order valence-electron chi connectivity index (χ0n) is 13.2. The molecule has 2 rings (SSSR count). The van der Waals surface area contributed by atoms with Crippen LogP contribution >= 0.6 is 11.8 Å². The molecule has 7 nitrogen and oxygen atoms in total. The molecular formula is C15H20N6OS. The standard InChI is InChI=1S/C15H20N6OS/c1-4-8-21-15(18-19-20-21)23-13(11(2)3)14(22)17-10-12-6-5-7-16-9-12/h4-7,9,11,13H,1,8,10H2,2-3H3,(H,17,22). The third kappa shape index (κ3) is 4.88. The van der Waals surface area contributed by atoms with Crippen molar-refractivity contribution in [2.75, 3.05) is 0 Å². The smallest absolute Gasteiger partial charge is 0.234 e. The van der Waals surface area contributed by atoms with Crippen LogP contribution in [-0.4, -0.2) is 36.3 Å². The lowest BCUT2D eigenvalue weighted by atomic mass is 10.1. The highest BCUT2D eigenvalue weighted by atomic mass is 32.2. The highest BCUT2D eigenvalue weighted by molar-refractivity contribution is 8.00. The molecule has 0 aliphatic rings. The fraction of sp³-hybridized carbons (Fsp3) is 0.400. The van der Waals surface area contributed by atoms with Crippen molar-refractivity contribution in [3.05, 3.63) is 42.7 Å². The summed E-state index contributed by atoms with van der Waals surface area (Å²) in [6.45, 7) is 8.65. The van der Waals surface area contributed by atoms with Crippen LogP contribution in [0, 0.1) is 5.92 Å². The first kappa shape index (κ1) is 17.1. The molecule has 1 N–H and O–H groups in total. The first-order valence-corrected chi connectivity index (χ1v) is 8.20. The molecule has 1 unspecified atom stereocenters. The van der Waals surface area contributed by atoms with Gasteiger partial charge in [-0.2, -0.15) is 0 Å². The third-order valence-electron chi connectivity index (χ3n) is 3.09. The van der Waals surface area contributed by atoms with E-state index >= 15 is 0 Å². The molecule has 1 atom stereocenters. The van der Waals surface area contributed by atoms with Crippen molar-refractivity contribution in [1.82, 2.24) is 30.5 Å². The molecule has 0 aliphatic carbocycles. The predicted octanol–water partition coefficient (Wildman–Crippen LogP) is 1.69. The van der Waals surface area contributed by atoms with E-state index < -0.39 is 0 Å². The van der Waals surface area contributed by atoms with Crippen molar-refractivity contribution in [3.63, 3.8) is 0 Å². The van der Waals surface area contributed by atoms with Gasteiger partial charge in [-0.1, -0.05) is 37.8 Å². The molecule has 23 heavy (non-hydrogen) atoms. The van der Waals surface area contributed by atoms with Crippen LogP contribution in [0.3, 0.4) is 0 Å². The molecule has 0 bridgehead atoms. The highest BCUT2D eigenvalue weighted by Gasteiger charge is 2.25. The minimum absolute atomic E-state index is 0.0398. The van der Waals surface area contributed by atoms with Gasteiger partial charge in [0.05, 0.1) is 11.8 Å². The molecule has 2 heterocycles. The minimum Gasteiger partial charge on any atom is -0.351 e. The Hall–Kier alpha value is -2.22. The van der Waals surface area contributed by atoms with Gasteiger partial charge in [0.1, 0.15) is 0 Å². The molecular weight excluding hydrogens is 312 g/mol. The van der Waals surface area contributed by atoms with Crippen LogP contribution in [-0.2, 0) is 17.9 Å². The fourth-order valence-corrected chi connectivity index (χ4v) is 2.92. The third-order valence-corrected chi connectivity index (χ3v) is 4.60. The Bertz CT molecular complexity index is 642. The number of nitrogens with one attached hydrogen (secondary N) is 1. The van der Waals surface area contributed by atoms with Crippen LogP contribution in [0.25, 0.3) is 0 Å². The summed E-state index contributed by atoms with van der Waals surface area (Å²) in [5.74, 6) is 0.102. The zero-order chi connectivity index (χ0) is 16.7. The molecule has 122 valence electrons. The lowest BCUT2D eigenvalue weighted by Gasteiger charge is -2.19. The number of rotatable bonds is 8. The molecule has 2 aromatic rings. The Morgan fingerprint density at radius 1 is 1.52 bits per heavy atom. The molecule has 0 saturated heterocycles. The Labute approximate surface area is 139 Å². The maximum absolute atomic E-state index is 12.5. The van der Waals surface area contributed by atoms with Gasteiger partial charge in [-0.05, 0) is 28.0 Å². The Kier molecular flexibility index (Phi) is 6.28. The van der Waals surface area contributed by atoms with Crippen LogP contribution in [0.5, 0.6) is 0 Å². The molecule has 0 aliphatic heterocycles. The Morgan fingerprint density at radius 3 is 3.00 bits per heavy atom. The van der Waals surface area contributed by atoms with Crippen molar-refractivity contribution < 1.29 is 4.79 Å². The molecule has 8 heteroatoms. The quantitative estimate of drug-likeness (QED) is 0.585. The summed E-state index contributed by atoms with van der Waals surface area (Å²) in [5, 5.41) is 14.8. The molecule has 0 spiro atoms. The van der Waals surface area contributed by atoms with Gasteiger partial charge in [0.2, 0.25) is 11.1 Å². The molecule has 2 aromatic heterocycles. The minimum atomic E-state index is -0.277. The van der Waals surface area contributed by atoms with Gasteiger partial charge < -0.3 is 5.32 Å². The maximum Gasteiger partial charge on any atom is 0.234 e. The number of thioether (sulfide) groups is 1. The van der Waals surface area contributed by atoms with E-state index in [0.717, 1.165) is 5.56 Å². The van der Waals surface area contributed by atoms with E-state index in [-0.39, 0.29) is 17.1 Å². The van der Waals surface area contributed by atoms with Gasteiger partial charge in [0.15, 0.2) is 0 Å². The highest BCUT2D eigenvalue weighted by Crippen LogP contribution is 2.26. The summed E-state index contributed by atoms with van der Waals surface area (Å²) in [6.07, 6.45) is 5.16. The summed E-state index contributed by atoms with van der Waals surface area (Å²) >= 11 is 1.36. The van der Waals surface area contributed by atoms with Crippen molar-refractivity contribution in [2.24, 2.45) is 5.92 Å². The molecule has 0 aromatic carbocycles. The lowest BCUT2D eigenvalue weighted by Crippen LogP contribution is -2.35. The largest absolute Gasteiger partial charge is 0.351 e. The van der Waals surface area contributed by atoms with Crippen LogP contribution in [0.4, 0.5) is 0 Å². The van der Waals surface area contributed by atoms with Crippen molar-refractivity contribution in [3.8, 4) is 0 Å². The average Bonchev–Trinajstić information content (AvgIpc) is 2.98. The normalized spacial score (nSPS) is 12.1. The maximum atomic E-state index is 12.5. The monoisotopic (exact) mass is 332 g/mol. The summed E-state index contributed by atoms with van der Waals surface area (Å²) in [5.41, 5.74) is 0.963. The summed E-state index contributed by atoms with van der Waals surface area (Å²) < 4.78 is 1.63. The number of nitrogens with zero attached hydrogens (tertiary/aromatic N) is 5. The van der Waals surface area contributed by atoms with E-state index in [2.05, 4.69) is 32.4 Å². The van der Waals surface area contributed by atoms with Gasteiger partial charge in [0, 0.05) is 18.9 Å². The van der Waals surface area contributed by atoms with Crippen LogP contribution < -0.4 is 5.32 Å². The lowest BCUT2D eigenvalue weighted by molar-refractivity contribution is -0.121. The fourth-order valence-electron chi connectivity index (χ4n) is 1.92. The second kappa shape index (κ2) is 8.42. The van der Waals surface area contributed by atoms with Crippen molar-refractivity contribution >= 4 is 17.7 Å². The van der Waals surface area contributed by atoms with Crippen molar-refractivity contribution in [1.29, 1.82) is 0 Å². The number of amides is 1. The Morgan fingerprint density at radius 2 is 2.35 bits per heavy atom. The first-order valence-electron chi connectivity index (χ1n) is 7.32. The second-order valence-corrected chi connectivity index (χ2v) is 6.40.